The number of amides is 1. The molecule has 0 atom stereocenters. The summed E-state index contributed by atoms with van der Waals surface area (Å²) in [4.78, 5) is 12.4. The molecule has 2 N–H and O–H groups in total. The average Bonchev–Trinajstić information content (AvgIpc) is 2.73. The number of halogens is 1. The molecular formula is C23H23BrN2O4S. The lowest BCUT2D eigenvalue weighted by atomic mass is 10.0. The Hall–Kier alpha value is -2.84. The number of para-hydroxylation sites is 1. The molecule has 3 aromatic carbocycles. The van der Waals surface area contributed by atoms with E-state index in [-0.39, 0.29) is 23.3 Å². The third-order valence-electron chi connectivity index (χ3n) is 4.43. The van der Waals surface area contributed by atoms with Gasteiger partial charge in [-0.15, -0.1) is 0 Å². The standard InChI is InChI=1S/C23H23BrN2O4S/c1-16(2)21-14-17(24)8-13-22(21)30-15-23(27)25-18-9-11-20(12-10-18)31(28,29)26-19-6-4-3-5-7-19/h3-14,16,26H,15H2,1-2H3,(H,25,27). The zero-order valence-corrected chi connectivity index (χ0v) is 19.5. The number of benzene rings is 3. The third-order valence-corrected chi connectivity index (χ3v) is 6.32. The second-order valence-corrected chi connectivity index (χ2v) is 9.77. The molecule has 1 amide bonds. The van der Waals surface area contributed by atoms with Gasteiger partial charge in [0.1, 0.15) is 5.75 Å². The fraction of sp³-hybridized carbons (Fsp3) is 0.174. The van der Waals surface area contributed by atoms with Gasteiger partial charge in [0.05, 0.1) is 4.90 Å². The van der Waals surface area contributed by atoms with Crippen LogP contribution in [0.5, 0.6) is 5.75 Å². The van der Waals surface area contributed by atoms with Crippen molar-refractivity contribution in [3.05, 3.63) is 82.8 Å². The number of hydrogen-bond acceptors (Lipinski definition) is 4. The fourth-order valence-electron chi connectivity index (χ4n) is 2.88. The van der Waals surface area contributed by atoms with Crippen molar-refractivity contribution in [1.29, 1.82) is 0 Å². The molecular weight excluding hydrogens is 480 g/mol. The number of hydrogen-bond donors (Lipinski definition) is 2. The molecule has 0 heterocycles. The van der Waals surface area contributed by atoms with Crippen LogP contribution in [0.2, 0.25) is 0 Å². The van der Waals surface area contributed by atoms with E-state index in [1.54, 1.807) is 30.3 Å². The second kappa shape index (κ2) is 9.98. The largest absolute Gasteiger partial charge is 0.483 e. The Morgan fingerprint density at radius 2 is 1.65 bits per heavy atom. The van der Waals surface area contributed by atoms with Gasteiger partial charge in [0.15, 0.2) is 6.61 Å². The molecule has 0 spiro atoms. The van der Waals surface area contributed by atoms with Gasteiger partial charge in [-0.25, -0.2) is 8.42 Å². The van der Waals surface area contributed by atoms with Crippen molar-refractivity contribution in [3.63, 3.8) is 0 Å². The highest BCUT2D eigenvalue weighted by atomic mass is 79.9. The van der Waals surface area contributed by atoms with Crippen molar-refractivity contribution >= 4 is 43.2 Å². The molecule has 0 saturated carbocycles. The van der Waals surface area contributed by atoms with E-state index in [2.05, 4.69) is 39.8 Å². The lowest BCUT2D eigenvalue weighted by Crippen LogP contribution is -2.20. The second-order valence-electron chi connectivity index (χ2n) is 7.17. The average molecular weight is 503 g/mol. The molecule has 0 saturated heterocycles. The molecule has 0 aliphatic carbocycles. The SMILES string of the molecule is CC(C)c1cc(Br)ccc1OCC(=O)Nc1ccc(S(=O)(=O)Nc2ccccc2)cc1. The Labute approximate surface area is 190 Å². The lowest BCUT2D eigenvalue weighted by Gasteiger charge is -2.14. The maximum Gasteiger partial charge on any atom is 0.262 e. The van der Waals surface area contributed by atoms with E-state index in [1.165, 1.54) is 24.3 Å². The maximum atomic E-state index is 12.5. The monoisotopic (exact) mass is 502 g/mol. The molecule has 3 aromatic rings. The molecule has 0 fully saturated rings. The first-order valence-electron chi connectivity index (χ1n) is 9.64. The van der Waals surface area contributed by atoms with Crippen LogP contribution in [0.4, 0.5) is 11.4 Å². The molecule has 162 valence electrons. The van der Waals surface area contributed by atoms with E-state index in [0.29, 0.717) is 17.1 Å². The Bertz CT molecular complexity index is 1150. The van der Waals surface area contributed by atoms with Crippen LogP contribution in [-0.2, 0) is 14.8 Å². The number of rotatable bonds is 8. The number of nitrogens with one attached hydrogen (secondary N) is 2. The molecule has 6 nitrogen and oxygen atoms in total. The van der Waals surface area contributed by atoms with E-state index in [9.17, 15) is 13.2 Å². The van der Waals surface area contributed by atoms with Crippen molar-refractivity contribution in [3.8, 4) is 5.75 Å². The summed E-state index contributed by atoms with van der Waals surface area (Å²) in [5, 5.41) is 2.71. The molecule has 0 unspecified atom stereocenters. The zero-order chi connectivity index (χ0) is 22.4. The first kappa shape index (κ1) is 22.8. The summed E-state index contributed by atoms with van der Waals surface area (Å²) in [5.41, 5.74) is 1.96. The molecule has 3 rings (SSSR count). The van der Waals surface area contributed by atoms with Crippen LogP contribution in [-0.4, -0.2) is 20.9 Å². The molecule has 31 heavy (non-hydrogen) atoms. The Morgan fingerprint density at radius 1 is 0.968 bits per heavy atom. The van der Waals surface area contributed by atoms with Gasteiger partial charge in [0.25, 0.3) is 15.9 Å². The highest BCUT2D eigenvalue weighted by molar-refractivity contribution is 9.10. The summed E-state index contributed by atoms with van der Waals surface area (Å²) in [5.74, 6) is 0.562. The van der Waals surface area contributed by atoms with Crippen LogP contribution in [0.3, 0.4) is 0 Å². The highest BCUT2D eigenvalue weighted by Gasteiger charge is 2.15. The molecule has 8 heteroatoms. The minimum absolute atomic E-state index is 0.0991. The normalized spacial score (nSPS) is 11.2. The maximum absolute atomic E-state index is 12.5. The Morgan fingerprint density at radius 3 is 2.29 bits per heavy atom. The van der Waals surface area contributed by atoms with Crippen LogP contribution < -0.4 is 14.8 Å². The predicted octanol–water partition coefficient (Wildman–Crippen LogP) is 5.39. The van der Waals surface area contributed by atoms with Gasteiger partial charge in [0, 0.05) is 15.8 Å². The summed E-state index contributed by atoms with van der Waals surface area (Å²) in [6.07, 6.45) is 0. The summed E-state index contributed by atoms with van der Waals surface area (Å²) in [6.45, 7) is 3.95. The first-order chi connectivity index (χ1) is 14.7. The minimum atomic E-state index is -3.71. The molecule has 0 aliphatic rings. The smallest absolute Gasteiger partial charge is 0.262 e. The van der Waals surface area contributed by atoms with Gasteiger partial charge in [-0.1, -0.05) is 48.0 Å². The predicted molar refractivity (Wildman–Crippen MR) is 126 cm³/mol. The zero-order valence-electron chi connectivity index (χ0n) is 17.1. The van der Waals surface area contributed by atoms with Crippen LogP contribution in [0, 0.1) is 0 Å². The van der Waals surface area contributed by atoms with E-state index in [1.807, 2.05) is 18.2 Å². The highest BCUT2D eigenvalue weighted by Crippen LogP contribution is 2.29. The van der Waals surface area contributed by atoms with E-state index >= 15 is 0 Å². The van der Waals surface area contributed by atoms with Crippen LogP contribution in [0.1, 0.15) is 25.3 Å². The van der Waals surface area contributed by atoms with E-state index in [4.69, 9.17) is 4.74 Å². The Kier molecular flexibility index (Phi) is 7.35. The van der Waals surface area contributed by atoms with Gasteiger partial charge < -0.3 is 10.1 Å². The topological polar surface area (TPSA) is 84.5 Å². The number of carbonyl (C=O) groups is 1. The van der Waals surface area contributed by atoms with E-state index in [0.717, 1.165) is 10.0 Å². The quantitative estimate of drug-likeness (QED) is 0.432. The molecule has 0 aliphatic heterocycles. The van der Waals surface area contributed by atoms with Gasteiger partial charge in [0.2, 0.25) is 0 Å². The summed E-state index contributed by atoms with van der Waals surface area (Å²) >= 11 is 3.44. The van der Waals surface area contributed by atoms with Crippen LogP contribution in [0.15, 0.2) is 82.2 Å². The minimum Gasteiger partial charge on any atom is -0.483 e. The van der Waals surface area contributed by atoms with E-state index < -0.39 is 10.0 Å². The van der Waals surface area contributed by atoms with Crippen molar-refractivity contribution in [2.24, 2.45) is 0 Å². The number of anilines is 2. The van der Waals surface area contributed by atoms with Crippen LogP contribution in [0.25, 0.3) is 0 Å². The lowest BCUT2D eigenvalue weighted by molar-refractivity contribution is -0.118. The summed E-state index contributed by atoms with van der Waals surface area (Å²) < 4.78 is 34.1. The number of carbonyl (C=O) groups excluding carboxylic acids is 1. The molecule has 0 bridgehead atoms. The summed E-state index contributed by atoms with van der Waals surface area (Å²) in [6, 6.07) is 20.3. The van der Waals surface area contributed by atoms with Crippen molar-refractivity contribution < 1.29 is 17.9 Å². The van der Waals surface area contributed by atoms with Gasteiger partial charge in [-0.3, -0.25) is 9.52 Å². The van der Waals surface area contributed by atoms with Crippen molar-refractivity contribution in [2.75, 3.05) is 16.6 Å². The van der Waals surface area contributed by atoms with Crippen molar-refractivity contribution in [2.45, 2.75) is 24.7 Å². The third kappa shape index (κ3) is 6.32. The van der Waals surface area contributed by atoms with Crippen LogP contribution >= 0.6 is 15.9 Å². The van der Waals surface area contributed by atoms with Gasteiger partial charge in [-0.05, 0) is 66.1 Å². The summed E-state index contributed by atoms with van der Waals surface area (Å²) in [7, 11) is -3.71. The molecule has 0 aromatic heterocycles. The Balaban J connectivity index is 1.60. The number of ether oxygens (including phenoxy) is 1. The fourth-order valence-corrected chi connectivity index (χ4v) is 4.32. The molecule has 0 radical (unpaired) electrons. The van der Waals surface area contributed by atoms with Gasteiger partial charge >= 0.3 is 0 Å². The first-order valence-corrected chi connectivity index (χ1v) is 11.9. The van der Waals surface area contributed by atoms with Gasteiger partial charge in [-0.2, -0.15) is 0 Å². The van der Waals surface area contributed by atoms with Crippen molar-refractivity contribution in [1.82, 2.24) is 0 Å². The number of sulfonamides is 1.